The topological polar surface area (TPSA) is 50.3 Å². The summed E-state index contributed by atoms with van der Waals surface area (Å²) in [4.78, 5) is 28.1. The molecule has 17 heavy (non-hydrogen) atoms. The van der Waals surface area contributed by atoms with Crippen LogP contribution in [0, 0.1) is 0 Å². The fourth-order valence-electron chi connectivity index (χ4n) is 1.44. The first-order valence-corrected chi connectivity index (χ1v) is 5.72. The second-order valence-corrected chi connectivity index (χ2v) is 4.13. The summed E-state index contributed by atoms with van der Waals surface area (Å²) in [6.07, 6.45) is 4.95. The Labute approximate surface area is 102 Å². The zero-order valence-electron chi connectivity index (χ0n) is 10.3. The molecule has 1 aromatic heterocycles. The molecule has 0 aromatic carbocycles. The minimum absolute atomic E-state index is 0.0177. The first-order valence-electron chi connectivity index (χ1n) is 5.72. The van der Waals surface area contributed by atoms with Crippen LogP contribution in [-0.4, -0.2) is 35.2 Å². The molecule has 1 rings (SSSR count). The highest BCUT2D eigenvalue weighted by Crippen LogP contribution is 2.01. The number of Topliss-reactive ketones (excluding diaryl/α,β-unsaturated/α-hetero) is 1. The number of nitrogens with zero attached hydrogens (tertiary/aromatic N) is 2. The van der Waals surface area contributed by atoms with E-state index in [-0.39, 0.29) is 11.7 Å². The van der Waals surface area contributed by atoms with Crippen molar-refractivity contribution in [1.29, 1.82) is 0 Å². The van der Waals surface area contributed by atoms with Crippen molar-refractivity contribution in [2.75, 3.05) is 13.6 Å². The molecule has 1 aromatic rings. The van der Waals surface area contributed by atoms with Gasteiger partial charge in [-0.15, -0.1) is 0 Å². The minimum Gasteiger partial charge on any atom is -0.345 e. The lowest BCUT2D eigenvalue weighted by Crippen LogP contribution is -2.28. The van der Waals surface area contributed by atoms with Crippen LogP contribution in [-0.2, 0) is 16.0 Å². The highest BCUT2D eigenvalue weighted by atomic mass is 16.2. The van der Waals surface area contributed by atoms with Crippen LogP contribution < -0.4 is 0 Å². The van der Waals surface area contributed by atoms with Crippen LogP contribution in [0.2, 0.25) is 0 Å². The molecule has 0 bridgehead atoms. The van der Waals surface area contributed by atoms with Gasteiger partial charge in [0.25, 0.3) is 0 Å². The Kier molecular flexibility index (Phi) is 5.33. The molecular weight excluding hydrogens is 216 g/mol. The summed E-state index contributed by atoms with van der Waals surface area (Å²) in [6, 6.07) is 3.87. The zero-order valence-corrected chi connectivity index (χ0v) is 10.3. The van der Waals surface area contributed by atoms with Crippen LogP contribution in [0.4, 0.5) is 0 Å². The van der Waals surface area contributed by atoms with Crippen LogP contribution in [0.3, 0.4) is 0 Å². The first kappa shape index (κ1) is 13.4. The van der Waals surface area contributed by atoms with Crippen molar-refractivity contribution in [1.82, 2.24) is 9.88 Å². The highest BCUT2D eigenvalue weighted by molar-refractivity contribution is 5.83. The Morgan fingerprint density at radius 1 is 1.35 bits per heavy atom. The summed E-state index contributed by atoms with van der Waals surface area (Å²) in [5.41, 5.74) is 1.11. The van der Waals surface area contributed by atoms with Gasteiger partial charge in [0.15, 0.2) is 0 Å². The normalized spacial score (nSPS) is 10.0. The third-order valence-electron chi connectivity index (χ3n) is 2.58. The maximum Gasteiger partial charge on any atom is 0.222 e. The van der Waals surface area contributed by atoms with Crippen molar-refractivity contribution in [2.24, 2.45) is 0 Å². The SMILES string of the molecule is CC(=O)CCC(=O)N(C)CCc1cccnc1. The molecule has 0 aliphatic rings. The first-order chi connectivity index (χ1) is 8.09. The Bertz CT molecular complexity index is 376. The average molecular weight is 234 g/mol. The molecule has 0 aliphatic carbocycles. The molecule has 0 aliphatic heterocycles. The molecule has 4 heteroatoms. The van der Waals surface area contributed by atoms with Crippen molar-refractivity contribution in [3.63, 3.8) is 0 Å². The zero-order chi connectivity index (χ0) is 12.7. The van der Waals surface area contributed by atoms with Crippen LogP contribution >= 0.6 is 0 Å². The molecule has 1 amide bonds. The Hall–Kier alpha value is -1.71. The van der Waals surface area contributed by atoms with Gasteiger partial charge in [0, 0.05) is 38.8 Å². The van der Waals surface area contributed by atoms with Gasteiger partial charge in [0.1, 0.15) is 5.78 Å². The van der Waals surface area contributed by atoms with Gasteiger partial charge in [0.05, 0.1) is 0 Å². The summed E-state index contributed by atoms with van der Waals surface area (Å²) in [7, 11) is 1.76. The molecular formula is C13H18N2O2. The second-order valence-electron chi connectivity index (χ2n) is 4.13. The number of amides is 1. The summed E-state index contributed by atoms with van der Waals surface area (Å²) < 4.78 is 0. The molecule has 0 saturated carbocycles. The Morgan fingerprint density at radius 3 is 2.71 bits per heavy atom. The fraction of sp³-hybridized carbons (Fsp3) is 0.462. The Balaban J connectivity index is 2.31. The van der Waals surface area contributed by atoms with Crippen molar-refractivity contribution in [2.45, 2.75) is 26.2 Å². The second kappa shape index (κ2) is 6.78. The van der Waals surface area contributed by atoms with E-state index < -0.39 is 0 Å². The quantitative estimate of drug-likeness (QED) is 0.748. The summed E-state index contributed by atoms with van der Waals surface area (Å²) in [6.45, 7) is 2.16. The monoisotopic (exact) mass is 234 g/mol. The number of hydrogen-bond donors (Lipinski definition) is 0. The van der Waals surface area contributed by atoms with E-state index in [4.69, 9.17) is 0 Å². The van der Waals surface area contributed by atoms with Gasteiger partial charge in [-0.25, -0.2) is 0 Å². The maximum absolute atomic E-state index is 11.6. The van der Waals surface area contributed by atoms with Crippen LogP contribution in [0.5, 0.6) is 0 Å². The van der Waals surface area contributed by atoms with Gasteiger partial charge >= 0.3 is 0 Å². The molecule has 92 valence electrons. The van der Waals surface area contributed by atoms with Gasteiger partial charge in [0.2, 0.25) is 5.91 Å². The molecule has 0 N–H and O–H groups in total. The molecule has 0 atom stereocenters. The van der Waals surface area contributed by atoms with E-state index in [9.17, 15) is 9.59 Å². The number of aromatic nitrogens is 1. The van der Waals surface area contributed by atoms with Crippen molar-refractivity contribution < 1.29 is 9.59 Å². The third kappa shape index (κ3) is 5.24. The van der Waals surface area contributed by atoms with E-state index >= 15 is 0 Å². The molecule has 0 fully saturated rings. The summed E-state index contributed by atoms with van der Waals surface area (Å²) in [5, 5.41) is 0. The van der Waals surface area contributed by atoms with E-state index in [1.807, 2.05) is 12.1 Å². The standard InChI is InChI=1S/C13H18N2O2/c1-11(16)5-6-13(17)15(2)9-7-12-4-3-8-14-10-12/h3-4,8,10H,5-7,9H2,1-2H3. The van der Waals surface area contributed by atoms with Gasteiger partial charge in [-0.1, -0.05) is 6.07 Å². The van der Waals surface area contributed by atoms with Crippen LogP contribution in [0.25, 0.3) is 0 Å². The number of carbonyl (C=O) groups is 2. The minimum atomic E-state index is 0.0177. The largest absolute Gasteiger partial charge is 0.345 e. The number of carbonyl (C=O) groups excluding carboxylic acids is 2. The number of pyridine rings is 1. The number of ketones is 1. The third-order valence-corrected chi connectivity index (χ3v) is 2.58. The number of rotatable bonds is 6. The van der Waals surface area contributed by atoms with E-state index in [1.54, 1.807) is 24.3 Å². The van der Waals surface area contributed by atoms with E-state index in [2.05, 4.69) is 4.98 Å². The van der Waals surface area contributed by atoms with Gasteiger partial charge in [-0.2, -0.15) is 0 Å². The van der Waals surface area contributed by atoms with Gasteiger partial charge < -0.3 is 9.69 Å². The molecule has 0 unspecified atom stereocenters. The molecule has 0 spiro atoms. The Morgan fingerprint density at radius 2 is 2.12 bits per heavy atom. The maximum atomic E-state index is 11.6. The van der Waals surface area contributed by atoms with Gasteiger partial charge in [-0.05, 0) is 25.0 Å². The fourth-order valence-corrected chi connectivity index (χ4v) is 1.44. The van der Waals surface area contributed by atoms with Crippen LogP contribution in [0.15, 0.2) is 24.5 Å². The highest BCUT2D eigenvalue weighted by Gasteiger charge is 2.09. The molecule has 0 saturated heterocycles. The van der Waals surface area contributed by atoms with Crippen molar-refractivity contribution in [3.8, 4) is 0 Å². The molecule has 0 radical (unpaired) electrons. The summed E-state index contributed by atoms with van der Waals surface area (Å²) in [5.74, 6) is 0.0723. The van der Waals surface area contributed by atoms with E-state index in [1.165, 1.54) is 6.92 Å². The molecule has 1 heterocycles. The number of likely N-dealkylation sites (N-methyl/N-ethyl adjacent to an activating group) is 1. The van der Waals surface area contributed by atoms with Gasteiger partial charge in [-0.3, -0.25) is 9.78 Å². The van der Waals surface area contributed by atoms with Crippen molar-refractivity contribution in [3.05, 3.63) is 30.1 Å². The van der Waals surface area contributed by atoms with Crippen molar-refractivity contribution >= 4 is 11.7 Å². The lowest BCUT2D eigenvalue weighted by Gasteiger charge is -2.16. The lowest BCUT2D eigenvalue weighted by atomic mass is 10.2. The smallest absolute Gasteiger partial charge is 0.222 e. The summed E-state index contributed by atoms with van der Waals surface area (Å²) >= 11 is 0. The lowest BCUT2D eigenvalue weighted by molar-refractivity contribution is -0.131. The predicted octanol–water partition coefficient (Wildman–Crippen LogP) is 1.45. The van der Waals surface area contributed by atoms with Crippen LogP contribution in [0.1, 0.15) is 25.3 Å². The number of hydrogen-bond acceptors (Lipinski definition) is 3. The molecule has 4 nitrogen and oxygen atoms in total. The van der Waals surface area contributed by atoms with E-state index in [0.29, 0.717) is 19.4 Å². The average Bonchev–Trinajstić information content (AvgIpc) is 2.34. The van der Waals surface area contributed by atoms with E-state index in [0.717, 1.165) is 12.0 Å². The predicted molar refractivity (Wildman–Crippen MR) is 65.5 cm³/mol.